The average Bonchev–Trinajstić information content (AvgIpc) is 2.39. The van der Waals surface area contributed by atoms with E-state index in [1.165, 1.54) is 11.1 Å². The quantitative estimate of drug-likeness (QED) is 0.658. The maximum Gasteiger partial charge on any atom is 0.130 e. The fraction of sp³-hybridized carbons (Fsp3) is 0.286. The van der Waals surface area contributed by atoms with E-state index in [0.29, 0.717) is 0 Å². The molecule has 94 valence electrons. The number of hydrogen-bond donors (Lipinski definition) is 1. The summed E-state index contributed by atoms with van der Waals surface area (Å²) in [6, 6.07) is 10.4. The number of aryl methyl sites for hydroxylation is 1. The highest BCUT2D eigenvalue weighted by molar-refractivity contribution is 7.98. The lowest BCUT2D eigenvalue weighted by molar-refractivity contribution is 1.03. The van der Waals surface area contributed by atoms with Crippen LogP contribution in [0.3, 0.4) is 0 Å². The van der Waals surface area contributed by atoms with E-state index in [-0.39, 0.29) is 0 Å². The summed E-state index contributed by atoms with van der Waals surface area (Å²) in [7, 11) is 0. The SMILES string of the molecule is CCNc1cc(SCc2ccccc2C)ncn1. The molecule has 0 spiro atoms. The van der Waals surface area contributed by atoms with Gasteiger partial charge < -0.3 is 5.32 Å². The molecule has 4 heteroatoms. The van der Waals surface area contributed by atoms with Gasteiger partial charge in [0.15, 0.2) is 0 Å². The van der Waals surface area contributed by atoms with Crippen molar-refractivity contribution in [2.45, 2.75) is 24.6 Å². The van der Waals surface area contributed by atoms with Crippen LogP contribution in [0.4, 0.5) is 5.82 Å². The Morgan fingerprint density at radius 2 is 2.06 bits per heavy atom. The van der Waals surface area contributed by atoms with Crippen molar-refractivity contribution in [2.75, 3.05) is 11.9 Å². The normalized spacial score (nSPS) is 10.3. The Kier molecular flexibility index (Phi) is 4.59. The molecule has 18 heavy (non-hydrogen) atoms. The highest BCUT2D eigenvalue weighted by Gasteiger charge is 2.01. The first kappa shape index (κ1) is 12.9. The van der Waals surface area contributed by atoms with Crippen molar-refractivity contribution in [3.63, 3.8) is 0 Å². The number of anilines is 1. The third kappa shape index (κ3) is 3.47. The van der Waals surface area contributed by atoms with Crippen LogP contribution >= 0.6 is 11.8 Å². The molecular formula is C14H17N3S. The molecule has 0 aliphatic rings. The molecule has 2 rings (SSSR count). The van der Waals surface area contributed by atoms with Gasteiger partial charge in [-0.15, -0.1) is 11.8 Å². The second-order valence-corrected chi connectivity index (χ2v) is 4.98. The Hall–Kier alpha value is -1.55. The van der Waals surface area contributed by atoms with Crippen molar-refractivity contribution < 1.29 is 0 Å². The molecule has 0 fully saturated rings. The standard InChI is InChI=1S/C14H17N3S/c1-3-15-13-8-14(17-10-16-13)18-9-12-7-5-4-6-11(12)2/h4-8,10H,3,9H2,1-2H3,(H,15,16,17). The monoisotopic (exact) mass is 259 g/mol. The van der Waals surface area contributed by atoms with E-state index in [2.05, 4.69) is 53.4 Å². The number of nitrogens with one attached hydrogen (secondary N) is 1. The maximum absolute atomic E-state index is 4.28. The van der Waals surface area contributed by atoms with Crippen molar-refractivity contribution in [2.24, 2.45) is 0 Å². The van der Waals surface area contributed by atoms with Crippen LogP contribution in [0.2, 0.25) is 0 Å². The molecule has 0 amide bonds. The van der Waals surface area contributed by atoms with Crippen LogP contribution < -0.4 is 5.32 Å². The highest BCUT2D eigenvalue weighted by Crippen LogP contribution is 2.23. The fourth-order valence-electron chi connectivity index (χ4n) is 1.62. The second-order valence-electron chi connectivity index (χ2n) is 3.99. The van der Waals surface area contributed by atoms with E-state index in [0.717, 1.165) is 23.1 Å². The van der Waals surface area contributed by atoms with Crippen LogP contribution in [0.5, 0.6) is 0 Å². The van der Waals surface area contributed by atoms with Crippen molar-refractivity contribution in [1.82, 2.24) is 9.97 Å². The predicted octanol–water partition coefficient (Wildman–Crippen LogP) is 3.51. The molecule has 0 saturated carbocycles. The van der Waals surface area contributed by atoms with Gasteiger partial charge in [-0.3, -0.25) is 0 Å². The summed E-state index contributed by atoms with van der Waals surface area (Å²) in [6.45, 7) is 5.07. The van der Waals surface area contributed by atoms with Crippen molar-refractivity contribution in [3.8, 4) is 0 Å². The molecule has 0 saturated heterocycles. The molecule has 3 nitrogen and oxygen atoms in total. The van der Waals surface area contributed by atoms with E-state index in [9.17, 15) is 0 Å². The lowest BCUT2D eigenvalue weighted by Crippen LogP contribution is -1.99. The minimum Gasteiger partial charge on any atom is -0.370 e. The Bertz CT molecular complexity index is 514. The molecule has 2 aromatic rings. The third-order valence-electron chi connectivity index (χ3n) is 2.64. The van der Waals surface area contributed by atoms with Gasteiger partial charge in [-0.05, 0) is 25.0 Å². The fourth-order valence-corrected chi connectivity index (χ4v) is 2.56. The van der Waals surface area contributed by atoms with Gasteiger partial charge in [-0.2, -0.15) is 0 Å². The third-order valence-corrected chi connectivity index (χ3v) is 3.61. The molecule has 1 aromatic carbocycles. The van der Waals surface area contributed by atoms with E-state index in [1.54, 1.807) is 18.1 Å². The van der Waals surface area contributed by atoms with Gasteiger partial charge in [0.25, 0.3) is 0 Å². The Morgan fingerprint density at radius 1 is 1.22 bits per heavy atom. The number of thioether (sulfide) groups is 1. The summed E-state index contributed by atoms with van der Waals surface area (Å²) >= 11 is 1.74. The lowest BCUT2D eigenvalue weighted by Gasteiger charge is -2.06. The van der Waals surface area contributed by atoms with Crippen molar-refractivity contribution >= 4 is 17.6 Å². The number of benzene rings is 1. The second kappa shape index (κ2) is 6.40. The van der Waals surface area contributed by atoms with Crippen molar-refractivity contribution in [3.05, 3.63) is 47.8 Å². The highest BCUT2D eigenvalue weighted by atomic mass is 32.2. The van der Waals surface area contributed by atoms with Crippen LogP contribution in [0.25, 0.3) is 0 Å². The summed E-state index contributed by atoms with van der Waals surface area (Å²) in [5.74, 6) is 1.83. The minimum absolute atomic E-state index is 0.874. The molecule has 0 radical (unpaired) electrons. The number of hydrogen-bond acceptors (Lipinski definition) is 4. The summed E-state index contributed by atoms with van der Waals surface area (Å²) in [5.41, 5.74) is 2.68. The average molecular weight is 259 g/mol. The smallest absolute Gasteiger partial charge is 0.130 e. The largest absolute Gasteiger partial charge is 0.370 e. The molecule has 1 N–H and O–H groups in total. The van der Waals surface area contributed by atoms with E-state index < -0.39 is 0 Å². The maximum atomic E-state index is 4.28. The summed E-state index contributed by atoms with van der Waals surface area (Å²) in [5, 5.41) is 4.20. The van der Waals surface area contributed by atoms with Crippen LogP contribution in [-0.4, -0.2) is 16.5 Å². The van der Waals surface area contributed by atoms with Gasteiger partial charge in [0.2, 0.25) is 0 Å². The number of aromatic nitrogens is 2. The number of nitrogens with zero attached hydrogens (tertiary/aromatic N) is 2. The Morgan fingerprint density at radius 3 is 2.83 bits per heavy atom. The molecule has 1 aromatic heterocycles. The van der Waals surface area contributed by atoms with E-state index >= 15 is 0 Å². The number of rotatable bonds is 5. The molecule has 0 unspecified atom stereocenters. The van der Waals surface area contributed by atoms with Gasteiger partial charge in [0.05, 0.1) is 0 Å². The Balaban J connectivity index is 2.02. The molecule has 0 atom stereocenters. The molecule has 0 aliphatic heterocycles. The first-order chi connectivity index (χ1) is 8.79. The summed E-state index contributed by atoms with van der Waals surface area (Å²) in [4.78, 5) is 8.44. The predicted molar refractivity (Wildman–Crippen MR) is 76.9 cm³/mol. The molecule has 0 bridgehead atoms. The van der Waals surface area contributed by atoms with Crippen LogP contribution in [0, 0.1) is 6.92 Å². The zero-order chi connectivity index (χ0) is 12.8. The zero-order valence-corrected chi connectivity index (χ0v) is 11.5. The van der Waals surface area contributed by atoms with Gasteiger partial charge >= 0.3 is 0 Å². The van der Waals surface area contributed by atoms with Crippen LogP contribution in [0.1, 0.15) is 18.1 Å². The first-order valence-corrected chi connectivity index (χ1v) is 7.01. The molecule has 1 heterocycles. The van der Waals surface area contributed by atoms with Crippen LogP contribution in [0.15, 0.2) is 41.7 Å². The van der Waals surface area contributed by atoms with Gasteiger partial charge in [0.1, 0.15) is 17.2 Å². The molecular weight excluding hydrogens is 242 g/mol. The zero-order valence-electron chi connectivity index (χ0n) is 10.7. The van der Waals surface area contributed by atoms with Gasteiger partial charge in [0, 0.05) is 18.4 Å². The van der Waals surface area contributed by atoms with E-state index in [4.69, 9.17) is 0 Å². The Labute approximate surface area is 112 Å². The van der Waals surface area contributed by atoms with Crippen molar-refractivity contribution in [1.29, 1.82) is 0 Å². The summed E-state index contributed by atoms with van der Waals surface area (Å²) in [6.07, 6.45) is 1.61. The minimum atomic E-state index is 0.874. The topological polar surface area (TPSA) is 37.8 Å². The van der Waals surface area contributed by atoms with Gasteiger partial charge in [-0.25, -0.2) is 9.97 Å². The molecule has 0 aliphatic carbocycles. The first-order valence-electron chi connectivity index (χ1n) is 6.03. The van der Waals surface area contributed by atoms with Crippen LogP contribution in [-0.2, 0) is 5.75 Å². The van der Waals surface area contributed by atoms with E-state index in [1.807, 2.05) is 6.07 Å². The summed E-state index contributed by atoms with van der Waals surface area (Å²) < 4.78 is 0. The lowest BCUT2D eigenvalue weighted by atomic mass is 10.1. The van der Waals surface area contributed by atoms with Gasteiger partial charge in [-0.1, -0.05) is 24.3 Å².